The summed E-state index contributed by atoms with van der Waals surface area (Å²) in [6, 6.07) is -0.993. The zero-order chi connectivity index (χ0) is 11.6. The zero-order valence-corrected chi connectivity index (χ0v) is 6.75. The van der Waals surface area contributed by atoms with E-state index in [0.29, 0.717) is 19.4 Å². The van der Waals surface area contributed by atoms with E-state index in [4.69, 9.17) is 9.85 Å². The predicted molar refractivity (Wildman–Crippen MR) is 44.2 cm³/mol. The van der Waals surface area contributed by atoms with Crippen molar-refractivity contribution in [3.8, 4) is 0 Å². The maximum absolute atomic E-state index is 11.3. The lowest BCUT2D eigenvalue weighted by Crippen LogP contribution is -2.44. The normalized spacial score (nSPS) is 24.5. The van der Waals surface area contributed by atoms with Crippen LogP contribution in [0.15, 0.2) is 0 Å². The molecule has 2 amide bonds. The van der Waals surface area contributed by atoms with Crippen LogP contribution in [0.3, 0.4) is 0 Å². The number of hydrogen-bond donors (Lipinski definition) is 1. The summed E-state index contributed by atoms with van der Waals surface area (Å²) < 4.78 is 21.2. The Labute approximate surface area is 75.9 Å². The molecule has 0 spiro atoms. The molecule has 1 heterocycles. The summed E-state index contributed by atoms with van der Waals surface area (Å²) in [7, 11) is 0. The number of amides is 2. The van der Waals surface area contributed by atoms with Crippen LogP contribution < -0.4 is 5.73 Å². The second-order valence-electron chi connectivity index (χ2n) is 2.81. The molecule has 0 radical (unpaired) electrons. The molecule has 1 fully saturated rings. The molecule has 4 nitrogen and oxygen atoms in total. The molecule has 1 saturated heterocycles. The SMILES string of the molecule is [2H]C([2H])([2H])CC(C(N)=O)N1CCCC1=O. The van der Waals surface area contributed by atoms with Crippen molar-refractivity contribution in [2.75, 3.05) is 6.54 Å². The van der Waals surface area contributed by atoms with Crippen LogP contribution in [-0.2, 0) is 9.59 Å². The molecule has 1 aliphatic heterocycles. The fourth-order valence-corrected chi connectivity index (χ4v) is 1.36. The zero-order valence-electron chi connectivity index (χ0n) is 9.75. The first-order valence-electron chi connectivity index (χ1n) is 5.40. The van der Waals surface area contributed by atoms with Gasteiger partial charge in [0.25, 0.3) is 0 Å². The van der Waals surface area contributed by atoms with Crippen molar-refractivity contribution in [3.63, 3.8) is 0 Å². The molecule has 0 saturated carbocycles. The van der Waals surface area contributed by atoms with Crippen molar-refractivity contribution in [2.24, 2.45) is 5.73 Å². The Bertz CT molecular complexity index is 278. The van der Waals surface area contributed by atoms with E-state index < -0.39 is 18.8 Å². The molecule has 0 aromatic rings. The second kappa shape index (κ2) is 3.56. The van der Waals surface area contributed by atoms with E-state index in [1.807, 2.05) is 0 Å². The van der Waals surface area contributed by atoms with Crippen LogP contribution in [-0.4, -0.2) is 29.3 Å². The van der Waals surface area contributed by atoms with Gasteiger partial charge in [0.2, 0.25) is 11.8 Å². The molecule has 0 bridgehead atoms. The minimum absolute atomic E-state index is 0.192. The van der Waals surface area contributed by atoms with Crippen molar-refractivity contribution in [1.82, 2.24) is 4.90 Å². The molecule has 4 heteroatoms. The molecule has 1 atom stereocenters. The number of likely N-dealkylation sites (tertiary alicyclic amines) is 1. The van der Waals surface area contributed by atoms with E-state index in [-0.39, 0.29) is 12.3 Å². The van der Waals surface area contributed by atoms with Crippen LogP contribution in [0.1, 0.15) is 30.2 Å². The van der Waals surface area contributed by atoms with Gasteiger partial charge in [-0.15, -0.1) is 0 Å². The van der Waals surface area contributed by atoms with Crippen LogP contribution in [0, 0.1) is 0 Å². The molecule has 0 aromatic heterocycles. The largest absolute Gasteiger partial charge is 0.368 e. The Kier molecular flexibility index (Phi) is 1.65. The number of carbonyl (C=O) groups is 2. The smallest absolute Gasteiger partial charge is 0.240 e. The van der Waals surface area contributed by atoms with Gasteiger partial charge in [0.15, 0.2) is 0 Å². The number of hydrogen-bond acceptors (Lipinski definition) is 2. The van der Waals surface area contributed by atoms with E-state index in [0.717, 1.165) is 0 Å². The molecule has 1 rings (SSSR count). The Hall–Kier alpha value is -1.06. The van der Waals surface area contributed by atoms with Gasteiger partial charge < -0.3 is 10.6 Å². The van der Waals surface area contributed by atoms with Gasteiger partial charge in [-0.3, -0.25) is 9.59 Å². The first-order chi connectivity index (χ1) is 6.81. The van der Waals surface area contributed by atoms with Gasteiger partial charge in [-0.1, -0.05) is 6.85 Å². The molecule has 12 heavy (non-hydrogen) atoms. The van der Waals surface area contributed by atoms with E-state index in [2.05, 4.69) is 0 Å². The summed E-state index contributed by atoms with van der Waals surface area (Å²) in [5.74, 6) is -0.940. The molecule has 0 aliphatic carbocycles. The average molecular weight is 173 g/mol. The maximum atomic E-state index is 11.3. The molecule has 2 N–H and O–H groups in total. The Morgan fingerprint density at radius 3 is 3.08 bits per heavy atom. The highest BCUT2D eigenvalue weighted by Crippen LogP contribution is 2.15. The minimum atomic E-state index is -2.25. The lowest BCUT2D eigenvalue weighted by atomic mass is 10.2. The van der Waals surface area contributed by atoms with Gasteiger partial charge in [-0.05, 0) is 12.8 Å². The lowest BCUT2D eigenvalue weighted by molar-refractivity contribution is -0.136. The fourth-order valence-electron chi connectivity index (χ4n) is 1.36. The third kappa shape index (κ3) is 1.57. The summed E-state index contributed by atoms with van der Waals surface area (Å²) >= 11 is 0. The molecule has 1 aliphatic rings. The van der Waals surface area contributed by atoms with Gasteiger partial charge >= 0.3 is 0 Å². The summed E-state index contributed by atoms with van der Waals surface area (Å²) in [5.41, 5.74) is 5.10. The highest BCUT2D eigenvalue weighted by atomic mass is 16.2. The number of primary amides is 1. The van der Waals surface area contributed by atoms with E-state index >= 15 is 0 Å². The Morgan fingerprint density at radius 1 is 1.92 bits per heavy atom. The molecule has 1 unspecified atom stereocenters. The van der Waals surface area contributed by atoms with Crippen LogP contribution in [0.2, 0.25) is 0 Å². The summed E-state index contributed by atoms with van der Waals surface area (Å²) in [5, 5.41) is 0. The van der Waals surface area contributed by atoms with Gasteiger partial charge in [0.05, 0.1) is 0 Å². The maximum Gasteiger partial charge on any atom is 0.240 e. The van der Waals surface area contributed by atoms with E-state index in [1.165, 1.54) is 4.90 Å². The Morgan fingerprint density at radius 2 is 2.67 bits per heavy atom. The van der Waals surface area contributed by atoms with Crippen molar-refractivity contribution in [3.05, 3.63) is 0 Å². The van der Waals surface area contributed by atoms with Crippen molar-refractivity contribution < 1.29 is 13.7 Å². The lowest BCUT2D eigenvalue weighted by Gasteiger charge is -2.23. The predicted octanol–water partition coefficient (Wildman–Crippen LogP) is -0.127. The van der Waals surface area contributed by atoms with Gasteiger partial charge in [-0.25, -0.2) is 0 Å². The van der Waals surface area contributed by atoms with Crippen LogP contribution >= 0.6 is 0 Å². The van der Waals surface area contributed by atoms with E-state index in [9.17, 15) is 9.59 Å². The standard InChI is InChI=1S/C8H14N2O2/c1-2-6(8(9)12)10-5-3-4-7(10)11/h6H,2-5H2,1H3,(H2,9,12)/i1D3. The topological polar surface area (TPSA) is 63.4 Å². The number of carbonyl (C=O) groups excluding carboxylic acids is 2. The number of rotatable bonds is 3. The van der Waals surface area contributed by atoms with Gasteiger partial charge in [0.1, 0.15) is 6.04 Å². The van der Waals surface area contributed by atoms with Crippen LogP contribution in [0.5, 0.6) is 0 Å². The van der Waals surface area contributed by atoms with Gasteiger partial charge in [0, 0.05) is 17.1 Å². The molecule has 0 aromatic carbocycles. The first-order valence-corrected chi connectivity index (χ1v) is 3.90. The van der Waals surface area contributed by atoms with Crippen molar-refractivity contribution >= 4 is 11.8 Å². The first kappa shape index (κ1) is 5.56. The molecular formula is C8H14N2O2. The Balaban J connectivity index is 2.74. The second-order valence-corrected chi connectivity index (χ2v) is 2.81. The monoisotopic (exact) mass is 173 g/mol. The third-order valence-corrected chi connectivity index (χ3v) is 2.01. The molecular weight excluding hydrogens is 156 g/mol. The van der Waals surface area contributed by atoms with Crippen LogP contribution in [0.25, 0.3) is 0 Å². The fraction of sp³-hybridized carbons (Fsp3) is 0.750. The highest BCUT2D eigenvalue weighted by molar-refractivity contribution is 5.87. The van der Waals surface area contributed by atoms with Crippen molar-refractivity contribution in [2.45, 2.75) is 32.2 Å². The summed E-state index contributed by atoms with van der Waals surface area (Å²) in [6.45, 7) is -1.83. The van der Waals surface area contributed by atoms with Crippen molar-refractivity contribution in [1.29, 1.82) is 0 Å². The molecule has 68 valence electrons. The quantitative estimate of drug-likeness (QED) is 0.646. The average Bonchev–Trinajstić information content (AvgIpc) is 2.45. The summed E-state index contributed by atoms with van der Waals surface area (Å²) in [4.78, 5) is 23.7. The third-order valence-electron chi connectivity index (χ3n) is 2.01. The number of nitrogens with two attached hydrogens (primary N) is 1. The van der Waals surface area contributed by atoms with E-state index in [1.54, 1.807) is 0 Å². The summed E-state index contributed by atoms with van der Waals surface area (Å²) in [6.07, 6.45) is 0.655. The van der Waals surface area contributed by atoms with Gasteiger partial charge in [-0.2, -0.15) is 0 Å². The van der Waals surface area contributed by atoms with Crippen LogP contribution in [0.4, 0.5) is 0 Å². The highest BCUT2D eigenvalue weighted by Gasteiger charge is 2.29. The number of nitrogens with zero attached hydrogens (tertiary/aromatic N) is 1. The minimum Gasteiger partial charge on any atom is -0.368 e.